The lowest BCUT2D eigenvalue weighted by Crippen LogP contribution is -2.74. The first-order valence-corrected chi connectivity index (χ1v) is 9.02. The summed E-state index contributed by atoms with van der Waals surface area (Å²) < 4.78 is 257. The Balaban J connectivity index is 0. The Labute approximate surface area is 206 Å². The normalized spacial score (nSPS) is 14.8. The first kappa shape index (κ1) is 39.6. The van der Waals surface area contributed by atoms with Crippen LogP contribution in [0.3, 0.4) is 0 Å². The molecule has 0 aromatic carbocycles. The highest BCUT2D eigenvalue weighted by atomic mass is 19.4. The Kier molecular flexibility index (Phi) is 11.7. The van der Waals surface area contributed by atoms with E-state index in [1.54, 1.807) is 0 Å². The van der Waals surface area contributed by atoms with Gasteiger partial charge in [-0.05, 0) is 6.42 Å². The number of carboxylic acid groups (broad SMARTS) is 1. The summed E-state index contributed by atoms with van der Waals surface area (Å²) in [4.78, 5) is 19.5. The van der Waals surface area contributed by atoms with Gasteiger partial charge < -0.3 is 15.6 Å². The molecule has 0 fully saturated rings. The molecule has 0 amide bonds. The number of esters is 1. The number of alkyl halides is 20. The van der Waals surface area contributed by atoms with Crippen molar-refractivity contribution in [3.63, 3.8) is 0 Å². The number of hydrogen-bond donors (Lipinski definition) is 2. The van der Waals surface area contributed by atoms with Crippen molar-refractivity contribution in [1.82, 2.24) is 0 Å². The van der Waals surface area contributed by atoms with Crippen LogP contribution >= 0.6 is 0 Å². The molecule has 0 unspecified atom stereocenters. The van der Waals surface area contributed by atoms with E-state index in [1.807, 2.05) is 0 Å². The summed E-state index contributed by atoms with van der Waals surface area (Å²) in [6.45, 7) is -2.20. The van der Waals surface area contributed by atoms with Crippen LogP contribution in [0.15, 0.2) is 0 Å². The fourth-order valence-corrected chi connectivity index (χ4v) is 1.89. The molecular weight excluding hydrogens is 638 g/mol. The van der Waals surface area contributed by atoms with Crippen molar-refractivity contribution in [2.24, 2.45) is 5.73 Å². The molecule has 0 aliphatic carbocycles. The predicted molar refractivity (Wildman–Crippen MR) is 83.6 cm³/mol. The highest BCUT2D eigenvalue weighted by molar-refractivity contribution is 5.73. The average molecular weight is 649 g/mol. The van der Waals surface area contributed by atoms with Crippen LogP contribution in [0.2, 0.25) is 0 Å². The van der Waals surface area contributed by atoms with Gasteiger partial charge in [0.2, 0.25) is 0 Å². The molecule has 3 N–H and O–H groups in total. The molecule has 5 nitrogen and oxygen atoms in total. The summed E-state index contributed by atoms with van der Waals surface area (Å²) >= 11 is 0. The van der Waals surface area contributed by atoms with Gasteiger partial charge in [0.05, 0.1) is 13.2 Å². The van der Waals surface area contributed by atoms with Crippen molar-refractivity contribution in [1.29, 1.82) is 0 Å². The monoisotopic (exact) mass is 649 g/mol. The maximum Gasteiger partial charge on any atom is 0.490 e. The van der Waals surface area contributed by atoms with Gasteiger partial charge in [0.1, 0.15) is 0 Å². The number of ether oxygens (including phenoxy) is 1. The quantitative estimate of drug-likeness (QED) is 0.165. The van der Waals surface area contributed by atoms with E-state index in [-0.39, 0.29) is 0 Å². The van der Waals surface area contributed by atoms with Crippen LogP contribution in [0, 0.1) is 0 Å². The van der Waals surface area contributed by atoms with Gasteiger partial charge in [0.15, 0.2) is 0 Å². The predicted octanol–water partition coefficient (Wildman–Crippen LogP) is 5.91. The second-order valence-electron chi connectivity index (χ2n) is 6.98. The van der Waals surface area contributed by atoms with Crippen LogP contribution in [0.25, 0.3) is 0 Å². The fraction of sp³-hybridized carbons (Fsp3) is 0.867. The lowest BCUT2D eigenvalue weighted by atomic mass is 9.88. The summed E-state index contributed by atoms with van der Waals surface area (Å²) in [6.07, 6.45) is -17.1. The van der Waals surface area contributed by atoms with Crippen molar-refractivity contribution in [3.05, 3.63) is 0 Å². The number of rotatable bonds is 11. The van der Waals surface area contributed by atoms with Gasteiger partial charge in [-0.2, -0.15) is 87.8 Å². The van der Waals surface area contributed by atoms with E-state index >= 15 is 0 Å². The smallest absolute Gasteiger partial charge is 0.475 e. The molecule has 0 atom stereocenters. The molecule has 25 heteroatoms. The Morgan fingerprint density at radius 2 is 0.875 bits per heavy atom. The van der Waals surface area contributed by atoms with Gasteiger partial charge in [-0.3, -0.25) is 4.79 Å². The second kappa shape index (κ2) is 11.8. The highest BCUT2D eigenvalue weighted by Gasteiger charge is 2.95. The number of aliphatic carboxylic acids is 1. The third-order valence-electron chi connectivity index (χ3n) is 4.09. The number of carbonyl (C=O) groups is 2. The molecule has 0 saturated heterocycles. The van der Waals surface area contributed by atoms with E-state index in [9.17, 15) is 92.6 Å². The van der Waals surface area contributed by atoms with Gasteiger partial charge >= 0.3 is 65.7 Å². The average Bonchev–Trinajstić information content (AvgIpc) is 2.74. The third kappa shape index (κ3) is 7.22. The molecular formula is C15H11F20NO4. The van der Waals surface area contributed by atoms with Crippen LogP contribution in [-0.4, -0.2) is 84.0 Å². The zero-order chi connectivity index (χ0) is 33.2. The lowest BCUT2D eigenvalue weighted by molar-refractivity contribution is -0.461. The maximum atomic E-state index is 13.5. The van der Waals surface area contributed by atoms with Crippen LogP contribution in [-0.2, 0) is 14.3 Å². The summed E-state index contributed by atoms with van der Waals surface area (Å²) in [5, 5.41) is 7.12. The second-order valence-corrected chi connectivity index (χ2v) is 6.98. The number of carbonyl (C=O) groups excluding carboxylic acids is 1. The Bertz CT molecular complexity index is 878. The third-order valence-corrected chi connectivity index (χ3v) is 4.09. The van der Waals surface area contributed by atoms with Crippen molar-refractivity contribution in [2.75, 3.05) is 13.2 Å². The van der Waals surface area contributed by atoms with Gasteiger partial charge in [-0.1, -0.05) is 0 Å². The molecule has 0 spiro atoms. The van der Waals surface area contributed by atoms with E-state index in [0.29, 0.717) is 0 Å². The van der Waals surface area contributed by atoms with E-state index in [1.165, 1.54) is 0 Å². The van der Waals surface area contributed by atoms with Gasteiger partial charge in [0, 0.05) is 6.42 Å². The van der Waals surface area contributed by atoms with Crippen LogP contribution in [0.1, 0.15) is 12.8 Å². The summed E-state index contributed by atoms with van der Waals surface area (Å²) in [5.74, 6) is -60.6. The Morgan fingerprint density at radius 1 is 0.575 bits per heavy atom. The molecule has 0 aliphatic rings. The molecule has 0 aromatic heterocycles. The number of hydrogen-bond acceptors (Lipinski definition) is 4. The highest BCUT2D eigenvalue weighted by Crippen LogP contribution is 2.64. The first-order valence-electron chi connectivity index (χ1n) is 9.02. The minimum Gasteiger partial charge on any atom is -0.475 e. The van der Waals surface area contributed by atoms with Crippen molar-refractivity contribution < 1.29 is 107 Å². The fourth-order valence-electron chi connectivity index (χ4n) is 1.89. The number of nitrogens with two attached hydrogens (primary N) is 1. The van der Waals surface area contributed by atoms with E-state index in [0.717, 1.165) is 0 Å². The molecule has 0 aliphatic heterocycles. The molecule has 0 heterocycles. The summed E-state index contributed by atoms with van der Waals surface area (Å²) in [7, 11) is 0. The number of halogens is 20. The van der Waals surface area contributed by atoms with Crippen molar-refractivity contribution >= 4 is 11.9 Å². The topological polar surface area (TPSA) is 89.6 Å². The van der Waals surface area contributed by atoms with Gasteiger partial charge in [-0.15, -0.1) is 0 Å². The minimum absolute atomic E-state index is 0.900. The lowest BCUT2D eigenvalue weighted by Gasteiger charge is -2.42. The van der Waals surface area contributed by atoms with Crippen molar-refractivity contribution in [2.45, 2.75) is 66.7 Å². The molecule has 0 radical (unpaired) electrons. The molecule has 0 rings (SSSR count). The van der Waals surface area contributed by atoms with Crippen LogP contribution in [0.4, 0.5) is 87.8 Å². The zero-order valence-corrected chi connectivity index (χ0v) is 18.1. The molecule has 240 valence electrons. The van der Waals surface area contributed by atoms with Crippen LogP contribution in [0.5, 0.6) is 0 Å². The first-order chi connectivity index (χ1) is 17.1. The SMILES string of the molecule is NCC(=O)OCCCC(F)(F)C(F)(F)C(F)(F)C(F)(F)C(F)(F)C(F)(F)C(F)(F)C(F)(F)F.O=C(O)C(F)(F)F. The summed E-state index contributed by atoms with van der Waals surface area (Å²) in [6, 6.07) is 0. The van der Waals surface area contributed by atoms with Crippen molar-refractivity contribution in [3.8, 4) is 0 Å². The van der Waals surface area contributed by atoms with Crippen LogP contribution < -0.4 is 5.73 Å². The molecule has 40 heavy (non-hydrogen) atoms. The molecule has 0 saturated carbocycles. The van der Waals surface area contributed by atoms with Gasteiger partial charge in [-0.25, -0.2) is 4.79 Å². The van der Waals surface area contributed by atoms with E-state index < -0.39 is 91.7 Å². The Hall–Kier alpha value is -2.50. The summed E-state index contributed by atoms with van der Waals surface area (Å²) in [5.41, 5.74) is 4.67. The molecule has 0 bridgehead atoms. The molecule has 0 aromatic rings. The number of carboxylic acids is 1. The van der Waals surface area contributed by atoms with E-state index in [4.69, 9.17) is 9.90 Å². The zero-order valence-electron chi connectivity index (χ0n) is 18.1. The van der Waals surface area contributed by atoms with E-state index in [2.05, 4.69) is 10.5 Å². The van der Waals surface area contributed by atoms with Gasteiger partial charge in [0.25, 0.3) is 0 Å². The maximum absolute atomic E-state index is 13.5. The largest absolute Gasteiger partial charge is 0.490 e. The Morgan fingerprint density at radius 3 is 1.15 bits per heavy atom. The standard InChI is InChI=1S/C13H10F17NO2.C2HF3O2/c14-6(15,2-1-3-33-5(32)4-31)7(16,17)8(18,19)9(20,21)10(22,23)11(24,25)12(26,27)13(28,29)30;3-2(4,5)1(6)7/h1-4,31H2;(H,6,7). The minimum atomic E-state index is -8.65.